The molecule has 0 spiro atoms. The van der Waals surface area contributed by atoms with Crippen molar-refractivity contribution in [2.75, 3.05) is 0 Å². The highest BCUT2D eigenvalue weighted by atomic mass is 16.3. The molecule has 0 aliphatic rings. The molecule has 0 unspecified atom stereocenters. The van der Waals surface area contributed by atoms with Crippen LogP contribution in [0.25, 0.3) is 0 Å². The first-order chi connectivity index (χ1) is 2.27. The number of hydrogen-bond donors (Lipinski definition) is 2. The van der Waals surface area contributed by atoms with Crippen molar-refractivity contribution in [3.63, 3.8) is 0 Å². The molecule has 3 N–H and O–H groups in total. The summed E-state index contributed by atoms with van der Waals surface area (Å²) in [7, 11) is 0. The summed E-state index contributed by atoms with van der Waals surface area (Å²) in [6.07, 6.45) is 0.560. The standard InChI is InChI=1S/C3H8NO/c1-2-3(4)5/h5H,2,4H2,1H3. The van der Waals surface area contributed by atoms with Gasteiger partial charge < -0.3 is 10.8 Å². The van der Waals surface area contributed by atoms with E-state index in [-0.39, 0.29) is 6.23 Å². The summed E-state index contributed by atoms with van der Waals surface area (Å²) in [6.45, 7) is 1.79. The summed E-state index contributed by atoms with van der Waals surface area (Å²) in [5.41, 5.74) is 4.76. The quantitative estimate of drug-likeness (QED) is 0.467. The zero-order chi connectivity index (χ0) is 4.28. The Bertz CT molecular complexity index is 20.9. The highest BCUT2D eigenvalue weighted by Gasteiger charge is 1.84. The molecule has 31 valence electrons. The topological polar surface area (TPSA) is 46.2 Å². The average molecular weight is 74.1 g/mol. The van der Waals surface area contributed by atoms with E-state index in [2.05, 4.69) is 0 Å². The van der Waals surface area contributed by atoms with Gasteiger partial charge in [-0.3, -0.25) is 0 Å². The van der Waals surface area contributed by atoms with Gasteiger partial charge in [0.05, 0.1) is 0 Å². The first-order valence-electron chi connectivity index (χ1n) is 1.57. The van der Waals surface area contributed by atoms with Gasteiger partial charge >= 0.3 is 0 Å². The Morgan fingerprint density at radius 3 is 2.20 bits per heavy atom. The van der Waals surface area contributed by atoms with Gasteiger partial charge in [0.25, 0.3) is 0 Å². The molecule has 0 saturated carbocycles. The van der Waals surface area contributed by atoms with Crippen molar-refractivity contribution in [3.8, 4) is 0 Å². The summed E-state index contributed by atoms with van der Waals surface area (Å²) in [6, 6.07) is 0. The highest BCUT2D eigenvalue weighted by molar-refractivity contribution is 4.57. The Morgan fingerprint density at radius 1 is 2.00 bits per heavy atom. The molecule has 2 heteroatoms. The number of aliphatic hydroxyl groups excluding tert-OH is 1. The lowest BCUT2D eigenvalue weighted by Crippen LogP contribution is -2.04. The lowest BCUT2D eigenvalue weighted by molar-refractivity contribution is 0.292. The van der Waals surface area contributed by atoms with Crippen LogP contribution in [0.15, 0.2) is 0 Å². The second kappa shape index (κ2) is 2.18. The molecule has 1 radical (unpaired) electrons. The van der Waals surface area contributed by atoms with E-state index in [1.807, 2.05) is 0 Å². The van der Waals surface area contributed by atoms with Gasteiger partial charge in [0, 0.05) is 0 Å². The maximum absolute atomic E-state index is 8.06. The van der Waals surface area contributed by atoms with Gasteiger partial charge in [0.1, 0.15) is 0 Å². The fraction of sp³-hybridized carbons (Fsp3) is 0.667. The van der Waals surface area contributed by atoms with Crippen molar-refractivity contribution < 1.29 is 5.11 Å². The minimum Gasteiger partial charge on any atom is -0.372 e. The minimum absolute atomic E-state index is 0.00463. The van der Waals surface area contributed by atoms with Crippen molar-refractivity contribution in [3.05, 3.63) is 6.23 Å². The summed E-state index contributed by atoms with van der Waals surface area (Å²) in [5.74, 6) is 0. The Morgan fingerprint density at radius 2 is 2.20 bits per heavy atom. The van der Waals surface area contributed by atoms with E-state index in [0.29, 0.717) is 6.42 Å². The SMILES string of the molecule is CC[C](N)O. The largest absolute Gasteiger partial charge is 0.372 e. The van der Waals surface area contributed by atoms with Crippen LogP contribution in [0, 0.1) is 6.23 Å². The van der Waals surface area contributed by atoms with Crippen LogP contribution in [0.2, 0.25) is 0 Å². The van der Waals surface area contributed by atoms with Crippen molar-refractivity contribution in [1.29, 1.82) is 0 Å². The lowest BCUT2D eigenvalue weighted by Gasteiger charge is -1.89. The van der Waals surface area contributed by atoms with Gasteiger partial charge in [-0.25, -0.2) is 0 Å². The molecule has 0 aliphatic heterocycles. The maximum atomic E-state index is 8.06. The third-order valence-corrected chi connectivity index (χ3v) is 0.362. The number of rotatable bonds is 1. The lowest BCUT2D eigenvalue weighted by atomic mass is 10.5. The molecular weight excluding hydrogens is 66.0 g/mol. The van der Waals surface area contributed by atoms with E-state index in [9.17, 15) is 0 Å². The first-order valence-corrected chi connectivity index (χ1v) is 1.57. The van der Waals surface area contributed by atoms with E-state index in [1.54, 1.807) is 6.92 Å². The Hall–Kier alpha value is -0.0800. The van der Waals surface area contributed by atoms with E-state index in [1.165, 1.54) is 0 Å². The summed E-state index contributed by atoms with van der Waals surface area (Å²) < 4.78 is 0. The second-order valence-corrected chi connectivity index (χ2v) is 0.845. The van der Waals surface area contributed by atoms with E-state index in [4.69, 9.17) is 10.8 Å². The molecule has 2 nitrogen and oxygen atoms in total. The smallest absolute Gasteiger partial charge is 0.155 e. The normalized spacial score (nSPS) is 9.60. The molecule has 0 fully saturated rings. The summed E-state index contributed by atoms with van der Waals surface area (Å²) in [5, 5.41) is 8.06. The van der Waals surface area contributed by atoms with Crippen LogP contribution >= 0.6 is 0 Å². The van der Waals surface area contributed by atoms with Crippen LogP contribution in [0.4, 0.5) is 0 Å². The second-order valence-electron chi connectivity index (χ2n) is 0.845. The number of aliphatic hydroxyl groups is 1. The van der Waals surface area contributed by atoms with Crippen LogP contribution in [0.1, 0.15) is 13.3 Å². The molecule has 0 aliphatic carbocycles. The van der Waals surface area contributed by atoms with Crippen LogP contribution < -0.4 is 5.73 Å². The van der Waals surface area contributed by atoms with E-state index in [0.717, 1.165) is 0 Å². The molecule has 0 bridgehead atoms. The Kier molecular flexibility index (Phi) is 2.14. The Labute approximate surface area is 31.6 Å². The van der Waals surface area contributed by atoms with Crippen LogP contribution in [0.5, 0.6) is 0 Å². The predicted molar refractivity (Wildman–Crippen MR) is 19.7 cm³/mol. The van der Waals surface area contributed by atoms with Gasteiger partial charge in [0.2, 0.25) is 0 Å². The number of nitrogens with two attached hydrogens (primary N) is 1. The van der Waals surface area contributed by atoms with Crippen molar-refractivity contribution >= 4 is 0 Å². The fourth-order valence-electron chi connectivity index (χ4n) is 0. The van der Waals surface area contributed by atoms with Crippen LogP contribution in [0.3, 0.4) is 0 Å². The molecule has 0 aromatic carbocycles. The maximum Gasteiger partial charge on any atom is 0.155 e. The molecule has 0 aromatic heterocycles. The minimum atomic E-state index is 0.00463. The molecule has 0 atom stereocenters. The third-order valence-electron chi connectivity index (χ3n) is 0.362. The third kappa shape index (κ3) is 3.92. The van der Waals surface area contributed by atoms with E-state index < -0.39 is 0 Å². The van der Waals surface area contributed by atoms with Crippen molar-refractivity contribution in [1.82, 2.24) is 0 Å². The highest BCUT2D eigenvalue weighted by Crippen LogP contribution is 1.83. The van der Waals surface area contributed by atoms with Crippen molar-refractivity contribution in [2.24, 2.45) is 5.73 Å². The zero-order valence-electron chi connectivity index (χ0n) is 3.23. The predicted octanol–water partition coefficient (Wildman–Crippen LogP) is 0.217. The van der Waals surface area contributed by atoms with Gasteiger partial charge in [0.15, 0.2) is 6.23 Å². The Balaban J connectivity index is 2.54. The molecule has 5 heavy (non-hydrogen) atoms. The van der Waals surface area contributed by atoms with Gasteiger partial charge in [-0.05, 0) is 6.42 Å². The zero-order valence-corrected chi connectivity index (χ0v) is 3.23. The number of hydrogen-bond acceptors (Lipinski definition) is 2. The van der Waals surface area contributed by atoms with Gasteiger partial charge in [-0.2, -0.15) is 0 Å². The molecule has 0 heterocycles. The molecule has 0 saturated heterocycles. The van der Waals surface area contributed by atoms with Crippen LogP contribution in [-0.2, 0) is 0 Å². The van der Waals surface area contributed by atoms with Gasteiger partial charge in [-0.15, -0.1) is 0 Å². The van der Waals surface area contributed by atoms with Crippen LogP contribution in [-0.4, -0.2) is 5.11 Å². The molecule has 0 aromatic rings. The van der Waals surface area contributed by atoms with Gasteiger partial charge in [-0.1, -0.05) is 6.92 Å². The fourth-order valence-corrected chi connectivity index (χ4v) is 0. The molecule has 0 rings (SSSR count). The average Bonchev–Trinajstić information content (AvgIpc) is 1.38. The first kappa shape index (κ1) is 4.92. The van der Waals surface area contributed by atoms with E-state index >= 15 is 0 Å². The monoisotopic (exact) mass is 74.1 g/mol. The van der Waals surface area contributed by atoms with Crippen molar-refractivity contribution in [2.45, 2.75) is 13.3 Å². The summed E-state index contributed by atoms with van der Waals surface area (Å²) in [4.78, 5) is 0. The molecule has 0 amide bonds. The summed E-state index contributed by atoms with van der Waals surface area (Å²) >= 11 is 0. The molecular formula is C3H8NO.